The number of benzene rings is 2. The molecule has 0 radical (unpaired) electrons. The SMILES string of the molecule is CCC(c1nc2ccccc2c(=O)n1CC)N1CCN(C(=O)c2ccc(Cl)cc2Cl)C(C)C1. The molecule has 0 aliphatic carbocycles. The number of carbonyl (C=O) groups excluding carboxylic acids is 1. The van der Waals surface area contributed by atoms with E-state index in [1.54, 1.807) is 22.8 Å². The van der Waals surface area contributed by atoms with E-state index < -0.39 is 0 Å². The van der Waals surface area contributed by atoms with Crippen LogP contribution in [0.15, 0.2) is 47.3 Å². The van der Waals surface area contributed by atoms with Crippen LogP contribution < -0.4 is 5.56 Å². The topological polar surface area (TPSA) is 58.4 Å². The highest BCUT2D eigenvalue weighted by Crippen LogP contribution is 2.28. The summed E-state index contributed by atoms with van der Waals surface area (Å²) in [5.41, 5.74) is 1.18. The number of piperazine rings is 1. The summed E-state index contributed by atoms with van der Waals surface area (Å²) < 4.78 is 1.78. The zero-order chi connectivity index (χ0) is 23.7. The molecule has 6 nitrogen and oxygen atoms in total. The van der Waals surface area contributed by atoms with Gasteiger partial charge in [-0.3, -0.25) is 19.1 Å². The molecule has 174 valence electrons. The van der Waals surface area contributed by atoms with Gasteiger partial charge in [-0.05, 0) is 50.6 Å². The Balaban J connectivity index is 1.61. The summed E-state index contributed by atoms with van der Waals surface area (Å²) >= 11 is 12.3. The Morgan fingerprint density at radius 1 is 1.15 bits per heavy atom. The molecule has 1 aromatic heterocycles. The Hall–Kier alpha value is -2.41. The Morgan fingerprint density at radius 2 is 1.91 bits per heavy atom. The van der Waals surface area contributed by atoms with E-state index in [-0.39, 0.29) is 23.6 Å². The molecular weight excluding hydrogens is 459 g/mol. The van der Waals surface area contributed by atoms with Gasteiger partial charge >= 0.3 is 0 Å². The molecule has 0 N–H and O–H groups in total. The van der Waals surface area contributed by atoms with E-state index in [0.717, 1.165) is 17.8 Å². The number of hydrogen-bond donors (Lipinski definition) is 0. The number of amides is 1. The molecule has 33 heavy (non-hydrogen) atoms. The predicted molar refractivity (Wildman–Crippen MR) is 133 cm³/mol. The fourth-order valence-electron chi connectivity index (χ4n) is 4.74. The van der Waals surface area contributed by atoms with Crippen LogP contribution in [0.1, 0.15) is 49.4 Å². The van der Waals surface area contributed by atoms with Crippen LogP contribution >= 0.6 is 23.2 Å². The number of fused-ring (bicyclic) bond motifs is 1. The first-order valence-corrected chi connectivity index (χ1v) is 12.1. The minimum atomic E-state index is -0.0915. The Labute approximate surface area is 203 Å². The van der Waals surface area contributed by atoms with Crippen molar-refractivity contribution in [2.24, 2.45) is 0 Å². The van der Waals surface area contributed by atoms with Crippen LogP contribution in [0.4, 0.5) is 0 Å². The van der Waals surface area contributed by atoms with Gasteiger partial charge in [0.05, 0.1) is 27.5 Å². The molecule has 2 unspecified atom stereocenters. The molecule has 0 spiro atoms. The number of para-hydroxylation sites is 1. The lowest BCUT2D eigenvalue weighted by Crippen LogP contribution is -2.55. The zero-order valence-electron chi connectivity index (χ0n) is 19.1. The predicted octanol–water partition coefficient (Wildman–Crippen LogP) is 5.02. The lowest BCUT2D eigenvalue weighted by molar-refractivity contribution is 0.0361. The van der Waals surface area contributed by atoms with Crippen molar-refractivity contribution in [1.29, 1.82) is 0 Å². The lowest BCUT2D eigenvalue weighted by Gasteiger charge is -2.43. The van der Waals surface area contributed by atoms with Crippen molar-refractivity contribution in [3.8, 4) is 0 Å². The molecule has 1 saturated heterocycles. The lowest BCUT2D eigenvalue weighted by atomic mass is 10.1. The van der Waals surface area contributed by atoms with Crippen molar-refractivity contribution in [2.75, 3.05) is 19.6 Å². The van der Waals surface area contributed by atoms with Crippen LogP contribution in [-0.4, -0.2) is 50.9 Å². The molecule has 1 aliphatic heterocycles. The van der Waals surface area contributed by atoms with Gasteiger partial charge in [-0.15, -0.1) is 0 Å². The van der Waals surface area contributed by atoms with E-state index in [2.05, 4.69) is 11.8 Å². The largest absolute Gasteiger partial charge is 0.333 e. The van der Waals surface area contributed by atoms with Gasteiger partial charge in [0.15, 0.2) is 0 Å². The highest BCUT2D eigenvalue weighted by atomic mass is 35.5. The second-order valence-electron chi connectivity index (χ2n) is 8.43. The highest BCUT2D eigenvalue weighted by Gasteiger charge is 2.33. The first-order valence-electron chi connectivity index (χ1n) is 11.3. The van der Waals surface area contributed by atoms with Crippen LogP contribution in [-0.2, 0) is 6.54 Å². The normalized spacial score (nSPS) is 18.0. The van der Waals surface area contributed by atoms with Crippen molar-refractivity contribution in [3.05, 3.63) is 74.3 Å². The van der Waals surface area contributed by atoms with Crippen LogP contribution in [0.2, 0.25) is 10.0 Å². The summed E-state index contributed by atoms with van der Waals surface area (Å²) in [6, 6.07) is 12.4. The summed E-state index contributed by atoms with van der Waals surface area (Å²) in [4.78, 5) is 35.4. The van der Waals surface area contributed by atoms with Crippen molar-refractivity contribution in [3.63, 3.8) is 0 Å². The Bertz CT molecular complexity index is 1240. The summed E-state index contributed by atoms with van der Waals surface area (Å²) in [5.74, 6) is 0.697. The summed E-state index contributed by atoms with van der Waals surface area (Å²) in [5, 5.41) is 1.51. The average molecular weight is 487 g/mol. The van der Waals surface area contributed by atoms with Gasteiger partial charge in [0.25, 0.3) is 11.5 Å². The van der Waals surface area contributed by atoms with Gasteiger partial charge in [0.2, 0.25) is 0 Å². The average Bonchev–Trinajstić information content (AvgIpc) is 2.79. The maximum Gasteiger partial charge on any atom is 0.261 e. The Morgan fingerprint density at radius 3 is 2.58 bits per heavy atom. The van der Waals surface area contributed by atoms with Crippen molar-refractivity contribution in [1.82, 2.24) is 19.4 Å². The molecule has 2 atom stereocenters. The monoisotopic (exact) mass is 486 g/mol. The van der Waals surface area contributed by atoms with E-state index in [4.69, 9.17) is 28.2 Å². The quantitative estimate of drug-likeness (QED) is 0.507. The molecule has 1 aliphatic rings. The summed E-state index contributed by atoms with van der Waals surface area (Å²) in [6.45, 7) is 8.63. The Kier molecular flexibility index (Phi) is 7.07. The highest BCUT2D eigenvalue weighted by molar-refractivity contribution is 6.36. The molecule has 3 aromatic rings. The second-order valence-corrected chi connectivity index (χ2v) is 9.27. The molecular formula is C25H28Cl2N4O2. The van der Waals surface area contributed by atoms with E-state index in [9.17, 15) is 9.59 Å². The number of halogens is 2. The van der Waals surface area contributed by atoms with E-state index in [1.807, 2.05) is 43.0 Å². The minimum absolute atomic E-state index is 0.00390. The van der Waals surface area contributed by atoms with E-state index in [0.29, 0.717) is 47.2 Å². The van der Waals surface area contributed by atoms with Gasteiger partial charge in [0, 0.05) is 37.2 Å². The van der Waals surface area contributed by atoms with Gasteiger partial charge in [0.1, 0.15) is 5.82 Å². The van der Waals surface area contributed by atoms with Crippen molar-refractivity contribution in [2.45, 2.75) is 45.8 Å². The second kappa shape index (κ2) is 9.84. The first kappa shape index (κ1) is 23.7. The molecule has 1 amide bonds. The third kappa shape index (κ3) is 4.52. The molecule has 8 heteroatoms. The van der Waals surface area contributed by atoms with Crippen molar-refractivity contribution < 1.29 is 4.79 Å². The fraction of sp³-hybridized carbons (Fsp3) is 0.400. The summed E-state index contributed by atoms with van der Waals surface area (Å²) in [7, 11) is 0. The van der Waals surface area contributed by atoms with Crippen molar-refractivity contribution >= 4 is 40.0 Å². The molecule has 2 heterocycles. The molecule has 0 bridgehead atoms. The maximum atomic E-state index is 13.2. The van der Waals surface area contributed by atoms with Gasteiger partial charge in [-0.2, -0.15) is 0 Å². The molecule has 1 fully saturated rings. The van der Waals surface area contributed by atoms with Gasteiger partial charge in [-0.1, -0.05) is 42.3 Å². The van der Waals surface area contributed by atoms with E-state index >= 15 is 0 Å². The minimum Gasteiger partial charge on any atom is -0.333 e. The molecule has 2 aromatic carbocycles. The van der Waals surface area contributed by atoms with Crippen LogP contribution in [0, 0.1) is 0 Å². The first-order chi connectivity index (χ1) is 15.8. The van der Waals surface area contributed by atoms with Crippen LogP contribution in [0.3, 0.4) is 0 Å². The van der Waals surface area contributed by atoms with E-state index in [1.165, 1.54) is 0 Å². The van der Waals surface area contributed by atoms with Gasteiger partial charge < -0.3 is 4.90 Å². The fourth-order valence-corrected chi connectivity index (χ4v) is 5.23. The maximum absolute atomic E-state index is 13.2. The number of nitrogens with zero attached hydrogens (tertiary/aromatic N) is 4. The third-order valence-electron chi connectivity index (χ3n) is 6.41. The number of aromatic nitrogens is 2. The van der Waals surface area contributed by atoms with Crippen LogP contribution in [0.25, 0.3) is 10.9 Å². The third-order valence-corrected chi connectivity index (χ3v) is 6.96. The smallest absolute Gasteiger partial charge is 0.261 e. The molecule has 0 saturated carbocycles. The number of rotatable bonds is 5. The summed E-state index contributed by atoms with van der Waals surface area (Å²) in [6.07, 6.45) is 0.814. The van der Waals surface area contributed by atoms with Gasteiger partial charge in [-0.25, -0.2) is 4.98 Å². The zero-order valence-corrected chi connectivity index (χ0v) is 20.6. The molecule has 4 rings (SSSR count). The number of hydrogen-bond acceptors (Lipinski definition) is 4. The van der Waals surface area contributed by atoms with Crippen LogP contribution in [0.5, 0.6) is 0 Å². The standard InChI is InChI=1S/C25H28Cl2N4O2/c1-4-22(23-28-21-9-7-6-8-19(21)25(33)30(23)5-2)29-12-13-31(16(3)15-29)24(32)18-11-10-17(26)14-20(18)27/h6-11,14,16,22H,4-5,12-13,15H2,1-3H3. The number of carbonyl (C=O) groups is 1.